The number of hydrogen-bond donors (Lipinski definition) is 1. The van der Waals surface area contributed by atoms with Crippen LogP contribution >= 0.6 is 12.2 Å². The fourth-order valence-electron chi connectivity index (χ4n) is 1.78. The van der Waals surface area contributed by atoms with E-state index in [2.05, 4.69) is 32.6 Å². The zero-order valence-corrected chi connectivity index (χ0v) is 10.7. The fraction of sp³-hybridized carbons (Fsp3) is 0.909. The summed E-state index contributed by atoms with van der Waals surface area (Å²) in [4.78, 5) is 3.11. The Morgan fingerprint density at radius 1 is 1.29 bits per heavy atom. The maximum atomic E-state index is 5.63. The van der Waals surface area contributed by atoms with E-state index in [4.69, 9.17) is 18.0 Å². The summed E-state index contributed by atoms with van der Waals surface area (Å²) in [6, 6.07) is 0.678. The molecule has 14 heavy (non-hydrogen) atoms. The van der Waals surface area contributed by atoms with E-state index in [9.17, 15) is 0 Å². The Morgan fingerprint density at radius 2 is 1.79 bits per heavy atom. The maximum absolute atomic E-state index is 5.63. The van der Waals surface area contributed by atoms with Gasteiger partial charge in [-0.25, -0.2) is 0 Å². The predicted octanol–water partition coefficient (Wildman–Crippen LogP) is 2.42. The summed E-state index contributed by atoms with van der Waals surface area (Å²) in [6.45, 7) is 10.9. The van der Waals surface area contributed by atoms with Crippen molar-refractivity contribution in [3.8, 4) is 0 Å². The van der Waals surface area contributed by atoms with Crippen LogP contribution < -0.4 is 5.73 Å². The highest BCUT2D eigenvalue weighted by atomic mass is 32.1. The number of nitrogens with zero attached hydrogens (tertiary/aromatic N) is 1. The van der Waals surface area contributed by atoms with E-state index in [0.29, 0.717) is 16.9 Å². The normalized spacial score (nSPS) is 13.6. The standard InChI is InChI=1S/C11H24N2S/c1-5-10(6-2)13(7-3)8-9(4)11(12)14/h9-10H,5-8H2,1-4H3,(H2,12,14). The number of hydrogen-bond acceptors (Lipinski definition) is 2. The van der Waals surface area contributed by atoms with Gasteiger partial charge in [0.15, 0.2) is 0 Å². The van der Waals surface area contributed by atoms with Crippen LogP contribution in [0.5, 0.6) is 0 Å². The second kappa shape index (κ2) is 7.18. The quantitative estimate of drug-likeness (QED) is 0.663. The Bertz CT molecular complexity index is 167. The zero-order chi connectivity index (χ0) is 11.1. The molecule has 0 aromatic rings. The van der Waals surface area contributed by atoms with Crippen molar-refractivity contribution in [2.24, 2.45) is 11.7 Å². The third kappa shape index (κ3) is 4.38. The first kappa shape index (κ1) is 13.8. The van der Waals surface area contributed by atoms with Crippen molar-refractivity contribution in [1.82, 2.24) is 4.90 Å². The van der Waals surface area contributed by atoms with E-state index >= 15 is 0 Å². The second-order valence-electron chi connectivity index (χ2n) is 3.86. The molecule has 0 aromatic heterocycles. The van der Waals surface area contributed by atoms with Crippen molar-refractivity contribution in [2.45, 2.75) is 46.6 Å². The second-order valence-corrected chi connectivity index (χ2v) is 4.33. The van der Waals surface area contributed by atoms with Crippen LogP contribution in [-0.4, -0.2) is 29.0 Å². The van der Waals surface area contributed by atoms with Crippen LogP contribution in [0.15, 0.2) is 0 Å². The maximum Gasteiger partial charge on any atom is 0.0768 e. The number of thiocarbonyl (C=S) groups is 1. The molecule has 2 nitrogen and oxygen atoms in total. The van der Waals surface area contributed by atoms with Gasteiger partial charge < -0.3 is 5.73 Å². The molecule has 84 valence electrons. The summed E-state index contributed by atoms with van der Waals surface area (Å²) in [6.07, 6.45) is 2.41. The molecule has 0 spiro atoms. The van der Waals surface area contributed by atoms with Crippen molar-refractivity contribution >= 4 is 17.2 Å². The minimum atomic E-state index is 0.325. The molecule has 1 unspecified atom stereocenters. The Hall–Kier alpha value is -0.150. The van der Waals surface area contributed by atoms with Crippen LogP contribution in [0.4, 0.5) is 0 Å². The lowest BCUT2D eigenvalue weighted by Crippen LogP contribution is -2.40. The first-order chi connectivity index (χ1) is 6.56. The van der Waals surface area contributed by atoms with Crippen molar-refractivity contribution in [3.05, 3.63) is 0 Å². The van der Waals surface area contributed by atoms with E-state index in [1.165, 1.54) is 12.8 Å². The minimum absolute atomic E-state index is 0.325. The van der Waals surface area contributed by atoms with Gasteiger partial charge in [0.05, 0.1) is 4.99 Å². The molecule has 0 fully saturated rings. The van der Waals surface area contributed by atoms with Crippen LogP contribution in [0.1, 0.15) is 40.5 Å². The lowest BCUT2D eigenvalue weighted by molar-refractivity contribution is 0.185. The Morgan fingerprint density at radius 3 is 2.07 bits per heavy atom. The van der Waals surface area contributed by atoms with Crippen LogP contribution in [0, 0.1) is 5.92 Å². The molecule has 1 atom stereocenters. The van der Waals surface area contributed by atoms with Gasteiger partial charge in [-0.15, -0.1) is 0 Å². The molecule has 0 amide bonds. The molecule has 0 radical (unpaired) electrons. The van der Waals surface area contributed by atoms with Gasteiger partial charge >= 0.3 is 0 Å². The van der Waals surface area contributed by atoms with Gasteiger partial charge in [0, 0.05) is 18.5 Å². The van der Waals surface area contributed by atoms with Gasteiger partial charge in [-0.05, 0) is 19.4 Å². The third-order valence-electron chi connectivity index (χ3n) is 2.86. The lowest BCUT2D eigenvalue weighted by Gasteiger charge is -2.31. The van der Waals surface area contributed by atoms with Gasteiger partial charge in [0.1, 0.15) is 0 Å². The summed E-state index contributed by atoms with van der Waals surface area (Å²) in [5.41, 5.74) is 5.63. The molecule has 0 rings (SSSR count). The molecule has 0 aliphatic carbocycles. The predicted molar refractivity (Wildman–Crippen MR) is 67.6 cm³/mol. The van der Waals surface area contributed by atoms with Crippen LogP contribution in [0.3, 0.4) is 0 Å². The smallest absolute Gasteiger partial charge is 0.0768 e. The summed E-state index contributed by atoms with van der Waals surface area (Å²) in [5.74, 6) is 0.325. The molecule has 0 saturated heterocycles. The first-order valence-corrected chi connectivity index (χ1v) is 6.00. The van der Waals surface area contributed by atoms with Crippen molar-refractivity contribution in [1.29, 1.82) is 0 Å². The van der Waals surface area contributed by atoms with Crippen LogP contribution in [0.2, 0.25) is 0 Å². The summed E-state index contributed by atoms with van der Waals surface area (Å²) < 4.78 is 0. The van der Waals surface area contributed by atoms with Gasteiger partial charge in [-0.2, -0.15) is 0 Å². The number of rotatable bonds is 7. The first-order valence-electron chi connectivity index (χ1n) is 5.60. The lowest BCUT2D eigenvalue weighted by atomic mass is 10.1. The van der Waals surface area contributed by atoms with Gasteiger partial charge in [-0.3, -0.25) is 4.90 Å². The van der Waals surface area contributed by atoms with E-state index in [1.807, 2.05) is 0 Å². The molecular formula is C11H24N2S. The molecule has 3 heteroatoms. The molecule has 0 aliphatic rings. The van der Waals surface area contributed by atoms with E-state index in [-0.39, 0.29) is 0 Å². The molecule has 0 aliphatic heterocycles. The average Bonchev–Trinajstić information content (AvgIpc) is 2.17. The largest absolute Gasteiger partial charge is 0.393 e. The molecule has 0 bridgehead atoms. The van der Waals surface area contributed by atoms with E-state index in [0.717, 1.165) is 13.1 Å². The van der Waals surface area contributed by atoms with Crippen molar-refractivity contribution in [3.63, 3.8) is 0 Å². The van der Waals surface area contributed by atoms with Gasteiger partial charge in [0.25, 0.3) is 0 Å². The van der Waals surface area contributed by atoms with Crippen molar-refractivity contribution in [2.75, 3.05) is 13.1 Å². The molecule has 0 saturated carbocycles. The fourth-order valence-corrected chi connectivity index (χ4v) is 1.86. The number of nitrogens with two attached hydrogens (primary N) is 1. The Balaban J connectivity index is 4.19. The molecule has 0 heterocycles. The van der Waals surface area contributed by atoms with E-state index < -0.39 is 0 Å². The Kier molecular flexibility index (Phi) is 7.11. The van der Waals surface area contributed by atoms with Gasteiger partial charge in [-0.1, -0.05) is 39.9 Å². The highest BCUT2D eigenvalue weighted by Crippen LogP contribution is 2.11. The summed E-state index contributed by atoms with van der Waals surface area (Å²) >= 11 is 4.99. The molecule has 0 aromatic carbocycles. The van der Waals surface area contributed by atoms with Crippen molar-refractivity contribution < 1.29 is 0 Å². The molecular weight excluding hydrogens is 192 g/mol. The molecule has 2 N–H and O–H groups in total. The average molecular weight is 216 g/mol. The minimum Gasteiger partial charge on any atom is -0.393 e. The SMILES string of the molecule is CCC(CC)N(CC)CC(C)C(N)=S. The monoisotopic (exact) mass is 216 g/mol. The zero-order valence-electron chi connectivity index (χ0n) is 9.92. The van der Waals surface area contributed by atoms with Crippen LogP contribution in [-0.2, 0) is 0 Å². The highest BCUT2D eigenvalue weighted by molar-refractivity contribution is 7.80. The highest BCUT2D eigenvalue weighted by Gasteiger charge is 2.16. The van der Waals surface area contributed by atoms with E-state index in [1.54, 1.807) is 0 Å². The topological polar surface area (TPSA) is 29.3 Å². The Labute approximate surface area is 93.8 Å². The summed E-state index contributed by atoms with van der Waals surface area (Å²) in [5, 5.41) is 0. The van der Waals surface area contributed by atoms with Crippen LogP contribution in [0.25, 0.3) is 0 Å². The van der Waals surface area contributed by atoms with Gasteiger partial charge in [0.2, 0.25) is 0 Å². The third-order valence-corrected chi connectivity index (χ3v) is 3.26. The summed E-state index contributed by atoms with van der Waals surface area (Å²) in [7, 11) is 0.